The number of carbonyl (C=O) groups is 2. The fourth-order valence-corrected chi connectivity index (χ4v) is 2.10. The van der Waals surface area contributed by atoms with Crippen molar-refractivity contribution in [3.8, 4) is 5.75 Å². The normalized spacial score (nSPS) is 19.3. The summed E-state index contributed by atoms with van der Waals surface area (Å²) in [7, 11) is 1.54. The summed E-state index contributed by atoms with van der Waals surface area (Å²) in [5, 5.41) is 8.90. The molecule has 0 saturated carbocycles. The summed E-state index contributed by atoms with van der Waals surface area (Å²) in [6, 6.07) is 6.49. The van der Waals surface area contributed by atoms with Gasteiger partial charge < -0.3 is 19.5 Å². The van der Waals surface area contributed by atoms with Crippen LogP contribution in [0.4, 0.5) is 5.69 Å². The van der Waals surface area contributed by atoms with Gasteiger partial charge in [0.2, 0.25) is 0 Å². The van der Waals surface area contributed by atoms with Crippen molar-refractivity contribution in [3.05, 3.63) is 24.3 Å². The average molecular weight is 265 g/mol. The van der Waals surface area contributed by atoms with Crippen molar-refractivity contribution in [1.82, 2.24) is 0 Å². The molecule has 19 heavy (non-hydrogen) atoms. The Hall–Kier alpha value is -2.08. The Balaban J connectivity index is 2.30. The van der Waals surface area contributed by atoms with Gasteiger partial charge in [-0.1, -0.05) is 6.07 Å². The Morgan fingerprint density at radius 2 is 2.37 bits per heavy atom. The molecule has 1 N–H and O–H groups in total. The van der Waals surface area contributed by atoms with Crippen LogP contribution in [0.3, 0.4) is 0 Å². The molecule has 1 amide bonds. The summed E-state index contributed by atoms with van der Waals surface area (Å²) in [5.74, 6) is -0.590. The molecule has 0 aliphatic carbocycles. The number of rotatable bonds is 4. The van der Waals surface area contributed by atoms with Gasteiger partial charge >= 0.3 is 5.97 Å². The lowest BCUT2D eigenvalue weighted by molar-refractivity contribution is -0.138. The summed E-state index contributed by atoms with van der Waals surface area (Å²) in [6.07, 6.45) is -0.150. The summed E-state index contributed by atoms with van der Waals surface area (Å²) in [4.78, 5) is 24.3. The standard InChI is InChI=1S/C13H15NO5/c1-18-11-4-2-3-9(5-11)14-10(6-13(16)17)7-19-8-12(14)15/h2-5,10H,6-8H2,1H3,(H,16,17). The topological polar surface area (TPSA) is 76.1 Å². The van der Waals surface area contributed by atoms with Crippen molar-refractivity contribution < 1.29 is 24.2 Å². The molecule has 0 bridgehead atoms. The summed E-state index contributed by atoms with van der Waals surface area (Å²) >= 11 is 0. The van der Waals surface area contributed by atoms with Crippen LogP contribution in [0.15, 0.2) is 24.3 Å². The van der Waals surface area contributed by atoms with E-state index < -0.39 is 12.0 Å². The SMILES string of the molecule is COc1cccc(N2C(=O)COCC2CC(=O)O)c1. The molecule has 0 aromatic heterocycles. The van der Waals surface area contributed by atoms with Gasteiger partial charge in [-0.05, 0) is 12.1 Å². The molecule has 1 aliphatic rings. The first-order chi connectivity index (χ1) is 9.11. The van der Waals surface area contributed by atoms with Crippen LogP contribution in [-0.2, 0) is 14.3 Å². The van der Waals surface area contributed by atoms with E-state index in [0.717, 1.165) is 0 Å². The minimum atomic E-state index is -0.962. The lowest BCUT2D eigenvalue weighted by Crippen LogP contribution is -2.50. The number of carboxylic acid groups (broad SMARTS) is 1. The second-order valence-corrected chi connectivity index (χ2v) is 4.23. The van der Waals surface area contributed by atoms with Crippen molar-refractivity contribution in [3.63, 3.8) is 0 Å². The summed E-state index contributed by atoms with van der Waals surface area (Å²) in [6.45, 7) is 0.183. The number of aliphatic carboxylic acids is 1. The maximum Gasteiger partial charge on any atom is 0.305 e. The van der Waals surface area contributed by atoms with Crippen LogP contribution < -0.4 is 9.64 Å². The molecule has 1 atom stereocenters. The molecule has 1 unspecified atom stereocenters. The fraction of sp³-hybridized carbons (Fsp3) is 0.385. The minimum absolute atomic E-state index is 0.0344. The van der Waals surface area contributed by atoms with Gasteiger partial charge in [0.25, 0.3) is 5.91 Å². The molecule has 6 heteroatoms. The summed E-state index contributed by atoms with van der Waals surface area (Å²) in [5.41, 5.74) is 0.624. The molecule has 1 saturated heterocycles. The molecular formula is C13H15NO5. The lowest BCUT2D eigenvalue weighted by Gasteiger charge is -2.34. The van der Waals surface area contributed by atoms with Crippen LogP contribution in [0.2, 0.25) is 0 Å². The number of benzene rings is 1. The third kappa shape index (κ3) is 3.03. The molecule has 1 aromatic carbocycles. The predicted molar refractivity (Wildman–Crippen MR) is 67.3 cm³/mol. The number of hydrogen-bond donors (Lipinski definition) is 1. The van der Waals surface area contributed by atoms with Crippen molar-refractivity contribution in [1.29, 1.82) is 0 Å². The molecule has 0 radical (unpaired) electrons. The third-order valence-corrected chi connectivity index (χ3v) is 2.91. The zero-order valence-electron chi connectivity index (χ0n) is 10.5. The van der Waals surface area contributed by atoms with E-state index >= 15 is 0 Å². The van der Waals surface area contributed by atoms with Crippen LogP contribution in [0.5, 0.6) is 5.75 Å². The maximum absolute atomic E-state index is 12.0. The molecular weight excluding hydrogens is 250 g/mol. The molecule has 1 aliphatic heterocycles. The van der Waals surface area contributed by atoms with E-state index in [2.05, 4.69) is 0 Å². The first-order valence-electron chi connectivity index (χ1n) is 5.87. The highest BCUT2D eigenvalue weighted by molar-refractivity contribution is 5.96. The number of methoxy groups -OCH3 is 1. The smallest absolute Gasteiger partial charge is 0.305 e. The second kappa shape index (κ2) is 5.71. The maximum atomic E-state index is 12.0. The molecule has 1 aromatic rings. The van der Waals surface area contributed by atoms with Crippen molar-refractivity contribution >= 4 is 17.6 Å². The van der Waals surface area contributed by atoms with E-state index in [1.165, 1.54) is 12.0 Å². The largest absolute Gasteiger partial charge is 0.497 e. The third-order valence-electron chi connectivity index (χ3n) is 2.91. The average Bonchev–Trinajstić information content (AvgIpc) is 2.38. The quantitative estimate of drug-likeness (QED) is 0.875. The molecule has 1 fully saturated rings. The first kappa shape index (κ1) is 13.4. The van der Waals surface area contributed by atoms with Crippen LogP contribution in [0, 0.1) is 0 Å². The van der Waals surface area contributed by atoms with E-state index in [4.69, 9.17) is 14.6 Å². The number of ether oxygens (including phenoxy) is 2. The van der Waals surface area contributed by atoms with E-state index in [9.17, 15) is 9.59 Å². The monoisotopic (exact) mass is 265 g/mol. The number of nitrogens with zero attached hydrogens (tertiary/aromatic N) is 1. The van der Waals surface area contributed by atoms with Gasteiger partial charge in [-0.25, -0.2) is 0 Å². The van der Waals surface area contributed by atoms with Gasteiger partial charge in [0, 0.05) is 11.8 Å². The number of anilines is 1. The zero-order chi connectivity index (χ0) is 13.8. The van der Waals surface area contributed by atoms with Crippen LogP contribution in [0.1, 0.15) is 6.42 Å². The Labute approximate surface area is 110 Å². The predicted octanol–water partition coefficient (Wildman–Crippen LogP) is 0.902. The van der Waals surface area contributed by atoms with Gasteiger partial charge in [0.15, 0.2) is 0 Å². The Bertz CT molecular complexity index is 488. The van der Waals surface area contributed by atoms with Gasteiger partial charge in [0.05, 0.1) is 26.2 Å². The highest BCUT2D eigenvalue weighted by Crippen LogP contribution is 2.26. The number of carbonyl (C=O) groups excluding carboxylic acids is 1. The van der Waals surface area contributed by atoms with Gasteiger partial charge in [0.1, 0.15) is 12.4 Å². The van der Waals surface area contributed by atoms with E-state index in [1.54, 1.807) is 24.3 Å². The number of morpholine rings is 1. The highest BCUT2D eigenvalue weighted by atomic mass is 16.5. The van der Waals surface area contributed by atoms with Crippen molar-refractivity contribution in [2.75, 3.05) is 25.2 Å². The van der Waals surface area contributed by atoms with Gasteiger partial charge in [-0.15, -0.1) is 0 Å². The Kier molecular flexibility index (Phi) is 4.01. The molecule has 2 rings (SSSR count). The number of amides is 1. The molecule has 6 nitrogen and oxygen atoms in total. The molecule has 102 valence electrons. The highest BCUT2D eigenvalue weighted by Gasteiger charge is 2.31. The minimum Gasteiger partial charge on any atom is -0.497 e. The number of hydrogen-bond acceptors (Lipinski definition) is 4. The second-order valence-electron chi connectivity index (χ2n) is 4.23. The van der Waals surface area contributed by atoms with E-state index in [-0.39, 0.29) is 25.5 Å². The van der Waals surface area contributed by atoms with Crippen LogP contribution in [-0.4, -0.2) is 43.3 Å². The van der Waals surface area contributed by atoms with Crippen LogP contribution >= 0.6 is 0 Å². The van der Waals surface area contributed by atoms with Crippen LogP contribution in [0.25, 0.3) is 0 Å². The van der Waals surface area contributed by atoms with E-state index in [0.29, 0.717) is 11.4 Å². The van der Waals surface area contributed by atoms with Crippen molar-refractivity contribution in [2.24, 2.45) is 0 Å². The van der Waals surface area contributed by atoms with E-state index in [1.807, 2.05) is 0 Å². The Morgan fingerprint density at radius 1 is 1.58 bits per heavy atom. The lowest BCUT2D eigenvalue weighted by atomic mass is 10.1. The van der Waals surface area contributed by atoms with Gasteiger partial charge in [-0.2, -0.15) is 0 Å². The summed E-state index contributed by atoms with van der Waals surface area (Å²) < 4.78 is 10.2. The fourth-order valence-electron chi connectivity index (χ4n) is 2.10. The Morgan fingerprint density at radius 3 is 3.05 bits per heavy atom. The first-order valence-corrected chi connectivity index (χ1v) is 5.87. The zero-order valence-corrected chi connectivity index (χ0v) is 10.5. The molecule has 0 spiro atoms. The van der Waals surface area contributed by atoms with Gasteiger partial charge in [-0.3, -0.25) is 9.59 Å². The van der Waals surface area contributed by atoms with Crippen molar-refractivity contribution in [2.45, 2.75) is 12.5 Å². The molecule has 1 heterocycles. The number of carboxylic acids is 1.